The zero-order chi connectivity index (χ0) is 18.9. The van der Waals surface area contributed by atoms with Gasteiger partial charge in [0.1, 0.15) is 0 Å². The third kappa shape index (κ3) is 8.60. The first-order valence-electron chi connectivity index (χ1n) is 9.10. The molecule has 0 saturated carbocycles. The van der Waals surface area contributed by atoms with Gasteiger partial charge in [0.15, 0.2) is 5.96 Å². The topological polar surface area (TPSA) is 56.7 Å². The van der Waals surface area contributed by atoms with Crippen LogP contribution in [0.3, 0.4) is 0 Å². The molecule has 0 bridgehead atoms. The molecule has 1 aromatic carbocycles. The van der Waals surface area contributed by atoms with Crippen LogP contribution in [0.25, 0.3) is 0 Å². The number of benzene rings is 1. The molecule has 2 rings (SSSR count). The number of guanidine groups is 1. The van der Waals surface area contributed by atoms with E-state index >= 15 is 0 Å². The van der Waals surface area contributed by atoms with E-state index in [0.29, 0.717) is 17.6 Å². The van der Waals surface area contributed by atoms with Crippen molar-refractivity contribution in [1.82, 2.24) is 15.5 Å². The van der Waals surface area contributed by atoms with Crippen molar-refractivity contribution in [3.8, 4) is 0 Å². The molecule has 27 heavy (non-hydrogen) atoms. The Balaban J connectivity index is 0.00000364. The molecule has 8 heteroatoms. The van der Waals surface area contributed by atoms with Crippen LogP contribution in [0.4, 0.5) is 0 Å². The highest BCUT2D eigenvalue weighted by Crippen LogP contribution is 2.25. The number of likely N-dealkylation sites (tertiary alicyclic amines) is 1. The maximum absolute atomic E-state index is 11.5. The summed E-state index contributed by atoms with van der Waals surface area (Å²) in [5.74, 6) is 1.59. The van der Waals surface area contributed by atoms with Gasteiger partial charge < -0.3 is 15.5 Å². The molecule has 5 nitrogen and oxygen atoms in total. The SMILES string of the molecule is CN=C(NCC(C)Sc1ccc(Br)cc1)N1CCC(CC(=O)NC)CC1.I. The Kier molecular flexibility index (Phi) is 11.7. The van der Waals surface area contributed by atoms with Crippen molar-refractivity contribution in [3.63, 3.8) is 0 Å². The molecule has 152 valence electrons. The first-order chi connectivity index (χ1) is 12.5. The maximum atomic E-state index is 11.5. The van der Waals surface area contributed by atoms with E-state index in [0.717, 1.165) is 42.9 Å². The molecule has 0 aliphatic carbocycles. The number of nitrogens with one attached hydrogen (secondary N) is 2. The van der Waals surface area contributed by atoms with Crippen molar-refractivity contribution in [2.24, 2.45) is 10.9 Å². The monoisotopic (exact) mass is 568 g/mol. The van der Waals surface area contributed by atoms with E-state index in [1.807, 2.05) is 18.8 Å². The summed E-state index contributed by atoms with van der Waals surface area (Å²) in [7, 11) is 3.54. The molecule has 1 aliphatic rings. The van der Waals surface area contributed by atoms with Crippen molar-refractivity contribution < 1.29 is 4.79 Å². The van der Waals surface area contributed by atoms with E-state index in [1.165, 1.54) is 4.90 Å². The molecule has 1 heterocycles. The van der Waals surface area contributed by atoms with Gasteiger partial charge >= 0.3 is 0 Å². The summed E-state index contributed by atoms with van der Waals surface area (Å²) < 4.78 is 1.10. The van der Waals surface area contributed by atoms with Crippen LogP contribution < -0.4 is 10.6 Å². The van der Waals surface area contributed by atoms with Crippen molar-refractivity contribution >= 4 is 63.5 Å². The maximum Gasteiger partial charge on any atom is 0.220 e. The first-order valence-corrected chi connectivity index (χ1v) is 10.8. The van der Waals surface area contributed by atoms with Gasteiger partial charge in [-0.3, -0.25) is 9.79 Å². The standard InChI is InChI=1S/C19H29BrN4OS.HI/c1-14(26-17-6-4-16(20)5-7-17)13-23-19(22-3)24-10-8-15(9-11-24)12-18(25)21-2;/h4-7,14-15H,8-13H2,1-3H3,(H,21,25)(H,22,23);1H. The Morgan fingerprint density at radius 3 is 2.52 bits per heavy atom. The first kappa shape index (κ1) is 24.6. The van der Waals surface area contributed by atoms with Crippen LogP contribution in [0.2, 0.25) is 0 Å². The Labute approximate surface area is 192 Å². The molecule has 1 saturated heterocycles. The van der Waals surface area contributed by atoms with E-state index in [2.05, 4.69) is 67.6 Å². The number of aliphatic imine (C=N–C) groups is 1. The summed E-state index contributed by atoms with van der Waals surface area (Å²) in [6, 6.07) is 8.42. The number of piperidine rings is 1. The average Bonchev–Trinajstić information content (AvgIpc) is 2.65. The second-order valence-corrected chi connectivity index (χ2v) is 9.05. The molecule has 1 aliphatic heterocycles. The molecule has 2 N–H and O–H groups in total. The van der Waals surface area contributed by atoms with E-state index in [4.69, 9.17) is 0 Å². The van der Waals surface area contributed by atoms with Crippen LogP contribution in [-0.4, -0.2) is 55.7 Å². The van der Waals surface area contributed by atoms with E-state index < -0.39 is 0 Å². The van der Waals surface area contributed by atoms with Crippen LogP contribution in [0.1, 0.15) is 26.2 Å². The number of carbonyl (C=O) groups is 1. The fraction of sp³-hybridized carbons (Fsp3) is 0.579. The summed E-state index contributed by atoms with van der Waals surface area (Å²) >= 11 is 5.33. The van der Waals surface area contributed by atoms with E-state index in [1.54, 1.807) is 7.05 Å². The van der Waals surface area contributed by atoms with Crippen molar-refractivity contribution in [1.29, 1.82) is 0 Å². The normalized spacial score (nSPS) is 16.4. The van der Waals surface area contributed by atoms with Crippen LogP contribution >= 0.6 is 51.7 Å². The van der Waals surface area contributed by atoms with Crippen molar-refractivity contribution in [2.75, 3.05) is 33.7 Å². The van der Waals surface area contributed by atoms with Gasteiger partial charge in [-0.2, -0.15) is 0 Å². The summed E-state index contributed by atoms with van der Waals surface area (Å²) in [4.78, 5) is 19.5. The van der Waals surface area contributed by atoms with Gasteiger partial charge in [0.05, 0.1) is 0 Å². The highest BCUT2D eigenvalue weighted by Gasteiger charge is 2.23. The number of thioether (sulfide) groups is 1. The molecule has 1 atom stereocenters. The molecule has 1 amide bonds. The van der Waals surface area contributed by atoms with Gasteiger partial charge in [-0.1, -0.05) is 22.9 Å². The highest BCUT2D eigenvalue weighted by molar-refractivity contribution is 14.0. The molecule has 0 aromatic heterocycles. The fourth-order valence-corrected chi connectivity index (χ4v) is 4.26. The van der Waals surface area contributed by atoms with Crippen LogP contribution in [-0.2, 0) is 4.79 Å². The molecular formula is C19H30BrIN4OS. The molecule has 1 fully saturated rings. The second kappa shape index (κ2) is 12.9. The lowest BCUT2D eigenvalue weighted by Crippen LogP contribution is -2.47. The van der Waals surface area contributed by atoms with Gasteiger partial charge in [-0.05, 0) is 43.0 Å². The third-order valence-electron chi connectivity index (χ3n) is 4.58. The number of amides is 1. The predicted octanol–water partition coefficient (Wildman–Crippen LogP) is 3.97. The van der Waals surface area contributed by atoms with Gasteiger partial charge in [-0.25, -0.2) is 0 Å². The smallest absolute Gasteiger partial charge is 0.220 e. The van der Waals surface area contributed by atoms with Crippen LogP contribution in [0, 0.1) is 5.92 Å². The minimum absolute atomic E-state index is 0. The Morgan fingerprint density at radius 2 is 1.96 bits per heavy atom. The second-order valence-electron chi connectivity index (χ2n) is 6.62. The molecular weight excluding hydrogens is 539 g/mol. The van der Waals surface area contributed by atoms with E-state index in [-0.39, 0.29) is 29.9 Å². The minimum Gasteiger partial charge on any atom is -0.359 e. The lowest BCUT2D eigenvalue weighted by Gasteiger charge is -2.34. The van der Waals surface area contributed by atoms with Crippen molar-refractivity contribution in [2.45, 2.75) is 36.3 Å². The predicted molar refractivity (Wildman–Crippen MR) is 129 cm³/mol. The lowest BCUT2D eigenvalue weighted by atomic mass is 9.93. The number of halogens is 2. The fourth-order valence-electron chi connectivity index (χ4n) is 3.07. The zero-order valence-electron chi connectivity index (χ0n) is 16.2. The number of hydrogen-bond donors (Lipinski definition) is 2. The number of nitrogens with zero attached hydrogens (tertiary/aromatic N) is 2. The van der Waals surface area contributed by atoms with Crippen LogP contribution in [0.15, 0.2) is 38.6 Å². The van der Waals surface area contributed by atoms with Gasteiger partial charge in [0.2, 0.25) is 5.91 Å². The van der Waals surface area contributed by atoms with Crippen LogP contribution in [0.5, 0.6) is 0 Å². The number of rotatable bonds is 6. The molecule has 0 spiro atoms. The molecule has 1 unspecified atom stereocenters. The summed E-state index contributed by atoms with van der Waals surface area (Å²) in [5, 5.41) is 6.67. The Morgan fingerprint density at radius 1 is 1.33 bits per heavy atom. The third-order valence-corrected chi connectivity index (χ3v) is 6.22. The average molecular weight is 569 g/mol. The minimum atomic E-state index is 0. The zero-order valence-corrected chi connectivity index (χ0v) is 20.9. The lowest BCUT2D eigenvalue weighted by molar-refractivity contribution is -0.121. The summed E-state index contributed by atoms with van der Waals surface area (Å²) in [6.45, 7) is 5.00. The largest absolute Gasteiger partial charge is 0.359 e. The summed E-state index contributed by atoms with van der Waals surface area (Å²) in [5.41, 5.74) is 0. The Hall–Kier alpha value is -0.480. The molecule has 1 aromatic rings. The van der Waals surface area contributed by atoms with Gasteiger partial charge in [-0.15, -0.1) is 35.7 Å². The van der Waals surface area contributed by atoms with Gasteiger partial charge in [0.25, 0.3) is 0 Å². The molecule has 0 radical (unpaired) electrons. The van der Waals surface area contributed by atoms with E-state index in [9.17, 15) is 4.79 Å². The van der Waals surface area contributed by atoms with Gasteiger partial charge in [0, 0.05) is 54.8 Å². The summed E-state index contributed by atoms with van der Waals surface area (Å²) in [6.07, 6.45) is 2.71. The quantitative estimate of drug-likeness (QED) is 0.236. The highest BCUT2D eigenvalue weighted by atomic mass is 127. The number of hydrogen-bond acceptors (Lipinski definition) is 3. The Bertz CT molecular complexity index is 606. The van der Waals surface area contributed by atoms with Crippen molar-refractivity contribution in [3.05, 3.63) is 28.7 Å². The number of carbonyl (C=O) groups excluding carboxylic acids is 1.